The van der Waals surface area contributed by atoms with Gasteiger partial charge in [0.15, 0.2) is 0 Å². The van der Waals surface area contributed by atoms with Crippen LogP contribution in [-0.4, -0.2) is 31.1 Å². The topological polar surface area (TPSA) is 57.9 Å². The summed E-state index contributed by atoms with van der Waals surface area (Å²) in [4.78, 5) is 35.9. The Bertz CT molecular complexity index is 1650. The normalized spacial score (nSPS) is 16.6. The molecule has 2 aromatic heterocycles. The Morgan fingerprint density at radius 2 is 1.81 bits per heavy atom. The summed E-state index contributed by atoms with van der Waals surface area (Å²) in [5, 5.41) is 0. The number of rotatable bonds is 4. The van der Waals surface area contributed by atoms with Crippen LogP contribution in [0.2, 0.25) is 0 Å². The number of carbonyl (C=O) groups is 1. The molecule has 0 bridgehead atoms. The number of para-hydroxylation sites is 1. The molecule has 1 amide bonds. The zero-order valence-electron chi connectivity index (χ0n) is 19.6. The quantitative estimate of drug-likeness (QED) is 0.264. The molecule has 6 nitrogen and oxygen atoms in total. The molecule has 2 aliphatic heterocycles. The molecule has 1 fully saturated rings. The molecule has 2 aliphatic rings. The standard InChI is InChI=1S/C28H21FN4O2S2/c29-20-12-10-18(11-13-20)17-33-27(35)23(37-28(33)36)16-21-25(30-24-9-3-4-14-32(24)26(21)34)31-15-5-7-19-6-1-2-8-22(19)31/h1-4,6,8-14,16H,5,7,15,17H2. The number of carbonyl (C=O) groups excluding carboxylic acids is 1. The van der Waals surface area contributed by atoms with Gasteiger partial charge in [-0.15, -0.1) is 0 Å². The van der Waals surface area contributed by atoms with Crippen molar-refractivity contribution in [3.63, 3.8) is 0 Å². The minimum Gasteiger partial charge on any atom is -0.325 e. The lowest BCUT2D eigenvalue weighted by atomic mass is 10.0. The van der Waals surface area contributed by atoms with Crippen LogP contribution in [0.5, 0.6) is 0 Å². The molecule has 6 rings (SSSR count). The number of aromatic nitrogens is 2. The van der Waals surface area contributed by atoms with E-state index in [-0.39, 0.29) is 23.8 Å². The van der Waals surface area contributed by atoms with Crippen LogP contribution < -0.4 is 10.5 Å². The van der Waals surface area contributed by atoms with Gasteiger partial charge in [-0.05, 0) is 60.4 Å². The zero-order valence-corrected chi connectivity index (χ0v) is 21.3. The fourth-order valence-corrected chi connectivity index (χ4v) is 5.95. The monoisotopic (exact) mass is 528 g/mol. The van der Waals surface area contributed by atoms with Crippen molar-refractivity contribution in [3.05, 3.63) is 111 Å². The highest BCUT2D eigenvalue weighted by atomic mass is 32.2. The Morgan fingerprint density at radius 3 is 2.65 bits per heavy atom. The van der Waals surface area contributed by atoms with Gasteiger partial charge in [-0.1, -0.05) is 60.4 Å². The third-order valence-corrected chi connectivity index (χ3v) is 7.90. The van der Waals surface area contributed by atoms with Gasteiger partial charge in [-0.3, -0.25) is 18.9 Å². The number of anilines is 2. The molecule has 1 saturated heterocycles. The SMILES string of the molecule is O=C1C(=Cc2c(N3CCCc4ccccc43)nc3ccccn3c2=O)SC(=S)N1Cc1ccc(F)cc1. The number of benzene rings is 2. The van der Waals surface area contributed by atoms with Gasteiger partial charge in [-0.25, -0.2) is 9.37 Å². The third-order valence-electron chi connectivity index (χ3n) is 6.52. The van der Waals surface area contributed by atoms with Crippen molar-refractivity contribution >= 4 is 57.4 Å². The molecule has 4 aromatic rings. The predicted octanol–water partition coefficient (Wildman–Crippen LogP) is 5.32. The lowest BCUT2D eigenvalue weighted by Crippen LogP contribution is -2.30. The second-order valence-electron chi connectivity index (χ2n) is 8.86. The summed E-state index contributed by atoms with van der Waals surface area (Å²) in [6.45, 7) is 0.933. The van der Waals surface area contributed by atoms with Crippen molar-refractivity contribution in [1.29, 1.82) is 0 Å². The van der Waals surface area contributed by atoms with Crippen molar-refractivity contribution in [2.75, 3.05) is 11.4 Å². The van der Waals surface area contributed by atoms with E-state index in [1.807, 2.05) is 24.3 Å². The highest BCUT2D eigenvalue weighted by molar-refractivity contribution is 8.26. The van der Waals surface area contributed by atoms with E-state index in [4.69, 9.17) is 17.2 Å². The Kier molecular flexibility index (Phi) is 6.10. The first-order valence-electron chi connectivity index (χ1n) is 11.9. The van der Waals surface area contributed by atoms with Gasteiger partial charge in [0.05, 0.1) is 17.0 Å². The number of hydrogen-bond acceptors (Lipinski definition) is 6. The van der Waals surface area contributed by atoms with Gasteiger partial charge in [0.1, 0.15) is 21.6 Å². The van der Waals surface area contributed by atoms with Crippen LogP contribution in [0.15, 0.2) is 82.6 Å². The van der Waals surface area contributed by atoms with Crippen molar-refractivity contribution in [3.8, 4) is 0 Å². The summed E-state index contributed by atoms with van der Waals surface area (Å²) in [5.74, 6) is -0.112. The Balaban J connectivity index is 1.45. The molecule has 4 heterocycles. The van der Waals surface area contributed by atoms with Crippen LogP contribution in [0.3, 0.4) is 0 Å². The van der Waals surface area contributed by atoms with Crippen LogP contribution in [0.1, 0.15) is 23.1 Å². The second kappa shape index (κ2) is 9.57. The first-order chi connectivity index (χ1) is 18.0. The van der Waals surface area contributed by atoms with E-state index in [1.54, 1.807) is 36.5 Å². The summed E-state index contributed by atoms with van der Waals surface area (Å²) in [6, 6.07) is 19.5. The summed E-state index contributed by atoms with van der Waals surface area (Å²) in [7, 11) is 0. The molecule has 0 N–H and O–H groups in total. The van der Waals surface area contributed by atoms with Crippen LogP contribution in [0, 0.1) is 5.82 Å². The number of fused-ring (bicyclic) bond motifs is 2. The molecule has 0 radical (unpaired) electrons. The van der Waals surface area contributed by atoms with Crippen LogP contribution in [0.4, 0.5) is 15.9 Å². The van der Waals surface area contributed by atoms with Crippen molar-refractivity contribution < 1.29 is 9.18 Å². The fourth-order valence-electron chi connectivity index (χ4n) is 4.72. The van der Waals surface area contributed by atoms with Crippen molar-refractivity contribution in [2.45, 2.75) is 19.4 Å². The molecule has 0 atom stereocenters. The largest absolute Gasteiger partial charge is 0.325 e. The minimum atomic E-state index is -0.342. The molecule has 9 heteroatoms. The molecular weight excluding hydrogens is 507 g/mol. The first-order valence-corrected chi connectivity index (χ1v) is 13.1. The Labute approximate surface area is 222 Å². The predicted molar refractivity (Wildman–Crippen MR) is 148 cm³/mol. The molecule has 0 saturated carbocycles. The number of thiocarbonyl (C=S) groups is 1. The first kappa shape index (κ1) is 23.6. The van der Waals surface area contributed by atoms with Crippen LogP contribution in [0.25, 0.3) is 11.7 Å². The van der Waals surface area contributed by atoms with Crippen molar-refractivity contribution in [2.24, 2.45) is 0 Å². The minimum absolute atomic E-state index is 0.226. The highest BCUT2D eigenvalue weighted by Crippen LogP contribution is 2.37. The van der Waals surface area contributed by atoms with E-state index in [2.05, 4.69) is 11.0 Å². The smallest absolute Gasteiger partial charge is 0.267 e. The summed E-state index contributed by atoms with van der Waals surface area (Å²) < 4.78 is 15.2. The van der Waals surface area contributed by atoms with E-state index < -0.39 is 0 Å². The summed E-state index contributed by atoms with van der Waals surface area (Å²) in [6.07, 6.45) is 5.17. The van der Waals surface area contributed by atoms with Gasteiger partial charge in [-0.2, -0.15) is 0 Å². The van der Waals surface area contributed by atoms with Crippen LogP contribution >= 0.6 is 24.0 Å². The number of pyridine rings is 1. The van der Waals surface area contributed by atoms with Gasteiger partial charge in [0.2, 0.25) is 0 Å². The third kappa shape index (κ3) is 4.34. The van der Waals surface area contributed by atoms with Gasteiger partial charge in [0.25, 0.3) is 11.5 Å². The molecule has 184 valence electrons. The lowest BCUT2D eigenvalue weighted by molar-refractivity contribution is -0.122. The molecule has 0 spiro atoms. The maximum Gasteiger partial charge on any atom is 0.267 e. The molecule has 2 aromatic carbocycles. The number of amides is 1. The maximum atomic E-state index is 13.7. The Morgan fingerprint density at radius 1 is 1.03 bits per heavy atom. The molecular formula is C28H21FN4O2S2. The summed E-state index contributed by atoms with van der Waals surface area (Å²) >= 11 is 6.65. The van der Waals surface area contributed by atoms with E-state index in [0.29, 0.717) is 32.8 Å². The van der Waals surface area contributed by atoms with Crippen molar-refractivity contribution in [1.82, 2.24) is 14.3 Å². The molecule has 37 heavy (non-hydrogen) atoms. The van der Waals surface area contributed by atoms with Gasteiger partial charge >= 0.3 is 0 Å². The average Bonchev–Trinajstić information content (AvgIpc) is 3.18. The van der Waals surface area contributed by atoms with Gasteiger partial charge < -0.3 is 4.90 Å². The Hall–Kier alpha value is -3.82. The van der Waals surface area contributed by atoms with Gasteiger partial charge in [0, 0.05) is 18.4 Å². The lowest BCUT2D eigenvalue weighted by Gasteiger charge is -2.31. The molecule has 0 unspecified atom stereocenters. The highest BCUT2D eigenvalue weighted by Gasteiger charge is 2.33. The number of aryl methyl sites for hydroxylation is 1. The fraction of sp³-hybridized carbons (Fsp3) is 0.143. The second-order valence-corrected chi connectivity index (χ2v) is 10.5. The van der Waals surface area contributed by atoms with E-state index >= 15 is 0 Å². The molecule has 0 aliphatic carbocycles. The number of halogens is 1. The van der Waals surface area contributed by atoms with E-state index in [1.165, 1.54) is 27.0 Å². The number of thioether (sulfide) groups is 1. The maximum absolute atomic E-state index is 13.7. The number of hydrogen-bond donors (Lipinski definition) is 0. The average molecular weight is 529 g/mol. The van der Waals surface area contributed by atoms with E-state index in [0.717, 1.165) is 35.9 Å². The van der Waals surface area contributed by atoms with E-state index in [9.17, 15) is 14.0 Å². The zero-order chi connectivity index (χ0) is 25.5. The van der Waals surface area contributed by atoms with Crippen LogP contribution in [-0.2, 0) is 17.8 Å². The number of nitrogens with zero attached hydrogens (tertiary/aromatic N) is 4. The summed E-state index contributed by atoms with van der Waals surface area (Å²) in [5.41, 5.74) is 3.58.